The summed E-state index contributed by atoms with van der Waals surface area (Å²) in [6, 6.07) is 11.5. The van der Waals surface area contributed by atoms with Gasteiger partial charge in [-0.25, -0.2) is 0 Å². The van der Waals surface area contributed by atoms with E-state index < -0.39 is 0 Å². The number of nitrogens with zero attached hydrogens (tertiary/aromatic N) is 1. The van der Waals surface area contributed by atoms with Gasteiger partial charge >= 0.3 is 0 Å². The molecule has 0 amide bonds. The molecule has 1 aromatic carbocycles. The largest absolute Gasteiger partial charge is 0.396 e. The molecule has 0 saturated heterocycles. The zero-order chi connectivity index (χ0) is 12.4. The van der Waals surface area contributed by atoms with Crippen LogP contribution in [0.5, 0.6) is 0 Å². The minimum atomic E-state index is -0.105. The van der Waals surface area contributed by atoms with E-state index in [4.69, 9.17) is 11.0 Å². The molecule has 4 heteroatoms. The summed E-state index contributed by atoms with van der Waals surface area (Å²) in [6.45, 7) is 1.46. The van der Waals surface area contributed by atoms with Gasteiger partial charge < -0.3 is 5.73 Å². The molecule has 2 aromatic rings. The van der Waals surface area contributed by atoms with Crippen LogP contribution in [0.4, 0.5) is 5.69 Å². The van der Waals surface area contributed by atoms with E-state index in [1.54, 1.807) is 0 Å². The Morgan fingerprint density at radius 1 is 1.35 bits per heavy atom. The van der Waals surface area contributed by atoms with E-state index >= 15 is 0 Å². The summed E-state index contributed by atoms with van der Waals surface area (Å²) < 4.78 is 0. The molecule has 0 aliphatic rings. The predicted molar refractivity (Wildman–Crippen MR) is 68.9 cm³/mol. The van der Waals surface area contributed by atoms with Crippen molar-refractivity contribution in [2.45, 2.75) is 6.92 Å². The van der Waals surface area contributed by atoms with Gasteiger partial charge in [0.2, 0.25) is 0 Å². The lowest BCUT2D eigenvalue weighted by molar-refractivity contribution is 0.102. The average Bonchev–Trinajstić information content (AvgIpc) is 2.67. The predicted octanol–water partition coefficient (Wildman–Crippen LogP) is 3.07. The van der Waals surface area contributed by atoms with Crippen molar-refractivity contribution in [1.29, 1.82) is 5.26 Å². The number of nitrogen functional groups attached to an aromatic ring is 1. The van der Waals surface area contributed by atoms with Crippen molar-refractivity contribution < 1.29 is 4.79 Å². The molecule has 0 bridgehead atoms. The SMILES string of the molecule is CC(=O)c1sc(-c2ccccc2)c(C#N)c1N. The van der Waals surface area contributed by atoms with Crippen molar-refractivity contribution in [2.75, 3.05) is 5.73 Å². The molecule has 0 saturated carbocycles. The maximum absolute atomic E-state index is 11.4. The van der Waals surface area contributed by atoms with E-state index in [9.17, 15) is 4.79 Å². The van der Waals surface area contributed by atoms with Crippen LogP contribution in [0.3, 0.4) is 0 Å². The monoisotopic (exact) mass is 242 g/mol. The number of nitrogens with two attached hydrogens (primary N) is 1. The summed E-state index contributed by atoms with van der Waals surface area (Å²) in [4.78, 5) is 12.6. The van der Waals surface area contributed by atoms with Crippen LogP contribution in [-0.4, -0.2) is 5.78 Å². The zero-order valence-corrected chi connectivity index (χ0v) is 10.0. The number of ketones is 1. The van der Waals surface area contributed by atoms with E-state index in [1.165, 1.54) is 18.3 Å². The van der Waals surface area contributed by atoms with E-state index in [-0.39, 0.29) is 5.78 Å². The summed E-state index contributed by atoms with van der Waals surface area (Å²) in [6.07, 6.45) is 0. The summed E-state index contributed by atoms with van der Waals surface area (Å²) in [7, 11) is 0. The number of carbonyl (C=O) groups excluding carboxylic acids is 1. The molecule has 0 unspecified atom stereocenters. The van der Waals surface area contributed by atoms with Gasteiger partial charge in [-0.05, 0) is 5.56 Å². The van der Waals surface area contributed by atoms with E-state index in [0.29, 0.717) is 16.1 Å². The highest BCUT2D eigenvalue weighted by Gasteiger charge is 2.19. The molecule has 0 aliphatic heterocycles. The first-order valence-electron chi connectivity index (χ1n) is 5.04. The van der Waals surface area contributed by atoms with Gasteiger partial charge in [-0.1, -0.05) is 30.3 Å². The summed E-state index contributed by atoms with van der Waals surface area (Å²) in [5.74, 6) is -0.105. The molecule has 0 radical (unpaired) electrons. The first-order valence-corrected chi connectivity index (χ1v) is 5.85. The molecule has 3 nitrogen and oxygen atoms in total. The number of hydrogen-bond acceptors (Lipinski definition) is 4. The minimum Gasteiger partial charge on any atom is -0.396 e. The Balaban J connectivity index is 2.68. The molecular formula is C13H10N2OS. The first kappa shape index (κ1) is 11.4. The topological polar surface area (TPSA) is 66.9 Å². The summed E-state index contributed by atoms with van der Waals surface area (Å²) in [5.41, 5.74) is 7.42. The Labute approximate surface area is 103 Å². The Hall–Kier alpha value is -2.12. The number of benzene rings is 1. The second-order valence-electron chi connectivity index (χ2n) is 3.58. The van der Waals surface area contributed by atoms with Gasteiger partial charge in [-0.2, -0.15) is 5.26 Å². The Bertz CT molecular complexity index is 608. The van der Waals surface area contributed by atoms with Gasteiger partial charge in [0, 0.05) is 6.92 Å². The van der Waals surface area contributed by atoms with Crippen LogP contribution in [-0.2, 0) is 0 Å². The molecule has 0 aliphatic carbocycles. The van der Waals surface area contributed by atoms with Crippen molar-refractivity contribution >= 4 is 22.8 Å². The number of Topliss-reactive ketones (excluding diaryl/α,β-unsaturated/α-hetero) is 1. The third kappa shape index (κ3) is 1.93. The van der Waals surface area contributed by atoms with Crippen LogP contribution >= 0.6 is 11.3 Å². The smallest absolute Gasteiger partial charge is 0.171 e. The van der Waals surface area contributed by atoms with E-state index in [2.05, 4.69) is 6.07 Å². The number of thiophene rings is 1. The van der Waals surface area contributed by atoms with Gasteiger partial charge in [-0.3, -0.25) is 4.79 Å². The van der Waals surface area contributed by atoms with Crippen molar-refractivity contribution in [3.05, 3.63) is 40.8 Å². The van der Waals surface area contributed by atoms with Gasteiger partial charge in [-0.15, -0.1) is 11.3 Å². The Kier molecular flexibility index (Phi) is 2.94. The van der Waals surface area contributed by atoms with E-state index in [1.807, 2.05) is 30.3 Å². The molecular weight excluding hydrogens is 232 g/mol. The molecule has 84 valence electrons. The Morgan fingerprint density at radius 2 is 2.00 bits per heavy atom. The summed E-state index contributed by atoms with van der Waals surface area (Å²) >= 11 is 1.27. The number of nitriles is 1. The van der Waals surface area contributed by atoms with Gasteiger partial charge in [0.15, 0.2) is 5.78 Å². The van der Waals surface area contributed by atoms with Crippen molar-refractivity contribution in [1.82, 2.24) is 0 Å². The lowest BCUT2D eigenvalue weighted by Gasteiger charge is -1.96. The number of rotatable bonds is 2. The molecule has 0 atom stereocenters. The highest BCUT2D eigenvalue weighted by atomic mass is 32.1. The van der Waals surface area contributed by atoms with Crippen LogP contribution < -0.4 is 5.73 Å². The quantitative estimate of drug-likeness (QED) is 0.823. The molecule has 0 spiro atoms. The lowest BCUT2D eigenvalue weighted by atomic mass is 10.1. The molecule has 0 fully saturated rings. The maximum atomic E-state index is 11.4. The molecule has 1 aromatic heterocycles. The number of hydrogen-bond donors (Lipinski definition) is 1. The Morgan fingerprint density at radius 3 is 2.53 bits per heavy atom. The van der Waals surface area contributed by atoms with Crippen LogP contribution in [0.2, 0.25) is 0 Å². The molecule has 17 heavy (non-hydrogen) atoms. The molecule has 2 rings (SSSR count). The second kappa shape index (κ2) is 4.40. The first-order chi connectivity index (χ1) is 8.15. The average molecular weight is 242 g/mol. The van der Waals surface area contributed by atoms with Crippen molar-refractivity contribution in [3.8, 4) is 16.5 Å². The molecule has 1 heterocycles. The second-order valence-corrected chi connectivity index (χ2v) is 4.60. The van der Waals surface area contributed by atoms with Crippen molar-refractivity contribution in [2.24, 2.45) is 0 Å². The number of anilines is 1. The van der Waals surface area contributed by atoms with Gasteiger partial charge in [0.1, 0.15) is 6.07 Å². The van der Waals surface area contributed by atoms with Crippen LogP contribution in [0.15, 0.2) is 30.3 Å². The highest BCUT2D eigenvalue weighted by molar-refractivity contribution is 7.18. The standard InChI is InChI=1S/C13H10N2OS/c1-8(16)12-11(15)10(7-14)13(17-12)9-5-3-2-4-6-9/h2-6H,15H2,1H3. The third-order valence-corrected chi connectivity index (χ3v) is 3.77. The van der Waals surface area contributed by atoms with Crippen LogP contribution in [0.1, 0.15) is 22.2 Å². The van der Waals surface area contributed by atoms with E-state index in [0.717, 1.165) is 10.4 Å². The number of carbonyl (C=O) groups is 1. The van der Waals surface area contributed by atoms with Crippen LogP contribution in [0, 0.1) is 11.3 Å². The lowest BCUT2D eigenvalue weighted by Crippen LogP contribution is -1.95. The normalized spacial score (nSPS) is 9.88. The fraction of sp³-hybridized carbons (Fsp3) is 0.0769. The maximum Gasteiger partial charge on any atom is 0.171 e. The fourth-order valence-electron chi connectivity index (χ4n) is 1.61. The summed E-state index contributed by atoms with van der Waals surface area (Å²) in [5, 5.41) is 9.12. The third-order valence-electron chi connectivity index (χ3n) is 2.41. The van der Waals surface area contributed by atoms with Crippen molar-refractivity contribution in [3.63, 3.8) is 0 Å². The minimum absolute atomic E-state index is 0.105. The highest BCUT2D eigenvalue weighted by Crippen LogP contribution is 2.38. The molecule has 2 N–H and O–H groups in total. The van der Waals surface area contributed by atoms with Gasteiger partial charge in [0.05, 0.1) is 21.0 Å². The fourth-order valence-corrected chi connectivity index (χ4v) is 2.68. The zero-order valence-electron chi connectivity index (χ0n) is 9.23. The van der Waals surface area contributed by atoms with Crippen LogP contribution in [0.25, 0.3) is 10.4 Å². The van der Waals surface area contributed by atoms with Gasteiger partial charge in [0.25, 0.3) is 0 Å².